The van der Waals surface area contributed by atoms with Gasteiger partial charge in [0.1, 0.15) is 5.04 Å². The average molecular weight is 275 g/mol. The Bertz CT molecular complexity index is 507. The van der Waals surface area contributed by atoms with Gasteiger partial charge in [-0.3, -0.25) is 14.8 Å². The number of ketones is 1. The van der Waals surface area contributed by atoms with Crippen LogP contribution in [-0.2, 0) is 4.79 Å². The zero-order chi connectivity index (χ0) is 14.3. The van der Waals surface area contributed by atoms with E-state index in [9.17, 15) is 4.79 Å². The van der Waals surface area contributed by atoms with Crippen molar-refractivity contribution < 1.29 is 4.79 Å². The maximum atomic E-state index is 11.8. The van der Waals surface area contributed by atoms with Crippen molar-refractivity contribution in [2.24, 2.45) is 4.99 Å². The van der Waals surface area contributed by atoms with E-state index in [-0.39, 0.29) is 5.78 Å². The van der Waals surface area contributed by atoms with Gasteiger partial charge in [-0.2, -0.15) is 0 Å². The number of rotatable bonds is 5. The van der Waals surface area contributed by atoms with Crippen LogP contribution in [0.2, 0.25) is 0 Å². The van der Waals surface area contributed by atoms with Crippen LogP contribution in [0.1, 0.15) is 5.56 Å². The van der Waals surface area contributed by atoms with Gasteiger partial charge in [0, 0.05) is 51.4 Å². The molecule has 0 saturated heterocycles. The first-order valence-electron chi connectivity index (χ1n) is 5.67. The van der Waals surface area contributed by atoms with Crippen molar-refractivity contribution in [1.29, 1.82) is 0 Å². The van der Waals surface area contributed by atoms with Crippen molar-refractivity contribution in [3.8, 4) is 0 Å². The van der Waals surface area contributed by atoms with Gasteiger partial charge in [-0.1, -0.05) is 18.3 Å². The van der Waals surface area contributed by atoms with E-state index in [2.05, 4.69) is 16.6 Å². The Labute approximate surface area is 117 Å². The first kappa shape index (κ1) is 15.2. The van der Waals surface area contributed by atoms with Crippen LogP contribution in [0.3, 0.4) is 0 Å². The summed E-state index contributed by atoms with van der Waals surface area (Å²) in [6.45, 7) is 3.79. The zero-order valence-electron chi connectivity index (χ0n) is 11.3. The number of hydrogen-bond acceptors (Lipinski definition) is 5. The number of carbonyl (C=O) groups is 1. The van der Waals surface area contributed by atoms with Crippen molar-refractivity contribution in [2.45, 2.75) is 0 Å². The molecule has 0 aliphatic rings. The van der Waals surface area contributed by atoms with E-state index in [4.69, 9.17) is 0 Å². The second kappa shape index (κ2) is 7.53. The minimum Gasteiger partial charge on any atom is -0.383 e. The molecule has 0 spiro atoms. The van der Waals surface area contributed by atoms with Gasteiger partial charge in [0.15, 0.2) is 5.78 Å². The van der Waals surface area contributed by atoms with Gasteiger partial charge < -0.3 is 4.90 Å². The minimum atomic E-state index is -0.122. The smallest absolute Gasteiger partial charge is 0.193 e. The van der Waals surface area contributed by atoms with Gasteiger partial charge in [0.25, 0.3) is 0 Å². The summed E-state index contributed by atoms with van der Waals surface area (Å²) in [5.41, 5.74) is 0.875. The maximum Gasteiger partial charge on any atom is 0.193 e. The molecule has 0 atom stereocenters. The fraction of sp³-hybridized carbons (Fsp3) is 0.214. The Morgan fingerprint density at radius 3 is 2.79 bits per heavy atom. The van der Waals surface area contributed by atoms with Crippen LogP contribution in [0.15, 0.2) is 53.3 Å². The minimum absolute atomic E-state index is 0.122. The standard InChI is InChI=1S/C14H17N3OS/c1-11(13(18)7-9-17(3)4)19-14(15-2)12-6-5-8-16-10-12/h5-10H,1H2,2-4H3/b9-7+,15-14?. The summed E-state index contributed by atoms with van der Waals surface area (Å²) in [7, 11) is 5.39. The van der Waals surface area contributed by atoms with Gasteiger partial charge in [0.05, 0.1) is 4.91 Å². The SMILES string of the molecule is C=C(SC(=NC)c1cccnc1)C(=O)/C=C/N(C)C. The molecule has 0 amide bonds. The Balaban J connectivity index is 2.73. The molecule has 0 aromatic carbocycles. The lowest BCUT2D eigenvalue weighted by Gasteiger charge is -2.06. The summed E-state index contributed by atoms with van der Waals surface area (Å²) in [6, 6.07) is 3.73. The molecule has 19 heavy (non-hydrogen) atoms. The molecule has 0 N–H and O–H groups in total. The third-order valence-electron chi connectivity index (χ3n) is 2.13. The van der Waals surface area contributed by atoms with E-state index >= 15 is 0 Å². The maximum absolute atomic E-state index is 11.8. The number of aliphatic imine (C=N–C) groups is 1. The number of aromatic nitrogens is 1. The number of allylic oxidation sites excluding steroid dienone is 2. The summed E-state index contributed by atoms with van der Waals surface area (Å²) >= 11 is 1.25. The quantitative estimate of drug-likeness (QED) is 0.470. The zero-order valence-corrected chi connectivity index (χ0v) is 12.1. The highest BCUT2D eigenvalue weighted by Crippen LogP contribution is 2.21. The largest absolute Gasteiger partial charge is 0.383 e. The Hall–Kier alpha value is -1.88. The molecule has 0 radical (unpaired) electrons. The highest BCUT2D eigenvalue weighted by atomic mass is 32.2. The molecule has 1 heterocycles. The van der Waals surface area contributed by atoms with Gasteiger partial charge in [-0.05, 0) is 12.1 Å². The lowest BCUT2D eigenvalue weighted by Crippen LogP contribution is -2.05. The van der Waals surface area contributed by atoms with E-state index in [1.807, 2.05) is 26.2 Å². The van der Waals surface area contributed by atoms with E-state index in [0.717, 1.165) is 10.6 Å². The molecule has 1 aromatic rings. The molecule has 1 aromatic heterocycles. The summed E-state index contributed by atoms with van der Waals surface area (Å²) in [5, 5.41) is 0.727. The molecular formula is C14H17N3OS. The first-order chi connectivity index (χ1) is 9.04. The van der Waals surface area contributed by atoms with Crippen molar-refractivity contribution in [3.63, 3.8) is 0 Å². The van der Waals surface area contributed by atoms with Crippen LogP contribution in [0.25, 0.3) is 0 Å². The number of thioether (sulfide) groups is 1. The molecule has 4 nitrogen and oxygen atoms in total. The predicted octanol–water partition coefficient (Wildman–Crippen LogP) is 2.35. The Kier molecular flexibility index (Phi) is 6.02. The van der Waals surface area contributed by atoms with E-state index in [0.29, 0.717) is 4.91 Å². The number of carbonyl (C=O) groups excluding carboxylic acids is 1. The van der Waals surface area contributed by atoms with Gasteiger partial charge >= 0.3 is 0 Å². The topological polar surface area (TPSA) is 45.6 Å². The summed E-state index contributed by atoms with van der Waals surface area (Å²) < 4.78 is 0. The molecule has 0 aliphatic heterocycles. The van der Waals surface area contributed by atoms with Crippen LogP contribution >= 0.6 is 11.8 Å². The number of pyridine rings is 1. The molecule has 0 fully saturated rings. The van der Waals surface area contributed by atoms with Gasteiger partial charge in [0.2, 0.25) is 0 Å². The lowest BCUT2D eigenvalue weighted by atomic mass is 10.3. The second-order valence-corrected chi connectivity index (χ2v) is 5.02. The lowest BCUT2D eigenvalue weighted by molar-refractivity contribution is -0.110. The van der Waals surface area contributed by atoms with Crippen LogP contribution in [-0.4, -0.2) is 41.9 Å². The second-order valence-electron chi connectivity index (χ2n) is 3.94. The molecular weight excluding hydrogens is 258 g/mol. The van der Waals surface area contributed by atoms with Crippen molar-refractivity contribution in [2.75, 3.05) is 21.1 Å². The van der Waals surface area contributed by atoms with Gasteiger partial charge in [-0.15, -0.1) is 0 Å². The van der Waals surface area contributed by atoms with E-state index in [1.165, 1.54) is 17.8 Å². The van der Waals surface area contributed by atoms with Gasteiger partial charge in [-0.25, -0.2) is 0 Å². The fourth-order valence-electron chi connectivity index (χ4n) is 1.20. The molecule has 0 aliphatic carbocycles. The Morgan fingerprint density at radius 2 is 2.26 bits per heavy atom. The predicted molar refractivity (Wildman–Crippen MR) is 81.3 cm³/mol. The van der Waals surface area contributed by atoms with Crippen molar-refractivity contribution in [3.05, 3.63) is 53.8 Å². The van der Waals surface area contributed by atoms with Crippen LogP contribution in [0, 0.1) is 0 Å². The third kappa shape index (κ3) is 5.09. The Morgan fingerprint density at radius 1 is 1.53 bits per heavy atom. The highest BCUT2D eigenvalue weighted by molar-refractivity contribution is 8.18. The molecule has 0 bridgehead atoms. The highest BCUT2D eigenvalue weighted by Gasteiger charge is 2.10. The molecule has 0 saturated carbocycles. The summed E-state index contributed by atoms with van der Waals surface area (Å²) in [6.07, 6.45) is 6.59. The van der Waals surface area contributed by atoms with Crippen molar-refractivity contribution in [1.82, 2.24) is 9.88 Å². The number of hydrogen-bond donors (Lipinski definition) is 0. The average Bonchev–Trinajstić information content (AvgIpc) is 2.42. The van der Waals surface area contributed by atoms with E-state index < -0.39 is 0 Å². The molecule has 5 heteroatoms. The summed E-state index contributed by atoms with van der Waals surface area (Å²) in [5.74, 6) is -0.122. The van der Waals surface area contributed by atoms with E-state index in [1.54, 1.807) is 30.5 Å². The fourth-order valence-corrected chi connectivity index (χ4v) is 1.93. The molecule has 100 valence electrons. The van der Waals surface area contributed by atoms with Crippen LogP contribution < -0.4 is 0 Å². The molecule has 1 rings (SSSR count). The van der Waals surface area contributed by atoms with Crippen LogP contribution in [0.4, 0.5) is 0 Å². The number of nitrogens with zero attached hydrogens (tertiary/aromatic N) is 3. The molecule has 0 unspecified atom stereocenters. The van der Waals surface area contributed by atoms with Crippen molar-refractivity contribution >= 4 is 22.6 Å². The third-order valence-corrected chi connectivity index (χ3v) is 3.19. The summed E-state index contributed by atoms with van der Waals surface area (Å²) in [4.78, 5) is 22.3. The monoisotopic (exact) mass is 275 g/mol. The van der Waals surface area contributed by atoms with Crippen LogP contribution in [0.5, 0.6) is 0 Å². The first-order valence-corrected chi connectivity index (χ1v) is 6.49. The normalized spacial score (nSPS) is 11.6.